The molecule has 0 aliphatic carbocycles. The maximum atomic E-state index is 11.9. The number of hydrogen-bond acceptors (Lipinski definition) is 5. The van der Waals surface area contributed by atoms with Crippen molar-refractivity contribution in [3.63, 3.8) is 0 Å². The highest BCUT2D eigenvalue weighted by Crippen LogP contribution is 2.41. The number of hydrogen-bond donors (Lipinski definition) is 4. The molecule has 0 radical (unpaired) electrons. The molecule has 2 aromatic heterocycles. The second-order valence-corrected chi connectivity index (χ2v) is 5.69. The van der Waals surface area contributed by atoms with E-state index in [1.807, 2.05) is 0 Å². The van der Waals surface area contributed by atoms with Crippen molar-refractivity contribution in [3.8, 4) is 5.88 Å². The predicted octanol–water partition coefficient (Wildman–Crippen LogP) is 2.77. The second kappa shape index (κ2) is 6.81. The fraction of sp³-hybridized carbons (Fsp3) is 0.0625. The van der Waals surface area contributed by atoms with Crippen LogP contribution in [-0.4, -0.2) is 32.1 Å². The summed E-state index contributed by atoms with van der Waals surface area (Å²) < 4.78 is 0. The number of carboxylic acids is 1. The first-order valence-corrected chi connectivity index (χ1v) is 7.63. The van der Waals surface area contributed by atoms with Crippen molar-refractivity contribution in [2.24, 2.45) is 10.2 Å². The number of aromatic amines is 2. The minimum atomic E-state index is -1.24. The van der Waals surface area contributed by atoms with E-state index >= 15 is 0 Å². The summed E-state index contributed by atoms with van der Waals surface area (Å²) in [4.78, 5) is 39.1. The molecular weight excluding hydrogens is 364 g/mol. The number of carbonyl (C=O) groups excluding carboxylic acids is 1. The van der Waals surface area contributed by atoms with E-state index in [0.717, 1.165) is 0 Å². The molecule has 0 aliphatic rings. The van der Waals surface area contributed by atoms with Crippen LogP contribution < -0.4 is 5.56 Å². The average Bonchev–Trinajstić information content (AvgIpc) is 2.91. The highest BCUT2D eigenvalue weighted by Gasteiger charge is 2.19. The van der Waals surface area contributed by atoms with E-state index in [1.54, 1.807) is 0 Å². The number of rotatable bonds is 4. The van der Waals surface area contributed by atoms with E-state index in [9.17, 15) is 19.5 Å². The number of aromatic hydroxyl groups is 1. The van der Waals surface area contributed by atoms with E-state index in [4.69, 9.17) is 16.7 Å². The molecule has 3 aromatic rings. The number of fused-ring (bicyclic) bond motifs is 1. The Kier molecular flexibility index (Phi) is 4.55. The van der Waals surface area contributed by atoms with Gasteiger partial charge >= 0.3 is 5.97 Å². The summed E-state index contributed by atoms with van der Waals surface area (Å²) in [6.07, 6.45) is 1.27. The number of carboxylic acid groups (broad SMARTS) is 1. The van der Waals surface area contributed by atoms with Crippen molar-refractivity contribution >= 4 is 40.1 Å². The van der Waals surface area contributed by atoms with E-state index in [1.165, 1.54) is 30.5 Å². The number of pyridine rings is 1. The van der Waals surface area contributed by atoms with Gasteiger partial charge in [0, 0.05) is 12.3 Å². The van der Waals surface area contributed by atoms with Crippen LogP contribution in [0.15, 0.2) is 45.5 Å². The van der Waals surface area contributed by atoms with Gasteiger partial charge in [-0.3, -0.25) is 9.59 Å². The molecule has 0 unspecified atom stereocenters. The fourth-order valence-corrected chi connectivity index (χ4v) is 2.68. The van der Waals surface area contributed by atoms with Gasteiger partial charge in [-0.2, -0.15) is 0 Å². The van der Waals surface area contributed by atoms with Crippen LogP contribution in [0.4, 0.5) is 5.69 Å². The first-order chi connectivity index (χ1) is 12.4. The van der Waals surface area contributed by atoms with Crippen LogP contribution in [0.25, 0.3) is 10.9 Å². The smallest absolute Gasteiger partial charge is 0.337 e. The number of H-pyrrole nitrogens is 2. The number of azo groups is 1. The fourth-order valence-electron chi connectivity index (χ4n) is 2.35. The molecule has 0 saturated carbocycles. The molecule has 132 valence electrons. The van der Waals surface area contributed by atoms with Crippen LogP contribution in [0.2, 0.25) is 5.02 Å². The van der Waals surface area contributed by atoms with Gasteiger partial charge in [0.15, 0.2) is 5.69 Å². The molecule has 1 aromatic carbocycles. The Morgan fingerprint density at radius 1 is 1.19 bits per heavy atom. The van der Waals surface area contributed by atoms with Crippen molar-refractivity contribution in [1.82, 2.24) is 9.97 Å². The normalized spacial score (nSPS) is 11.3. The molecule has 0 spiro atoms. The Morgan fingerprint density at radius 3 is 2.62 bits per heavy atom. The number of aromatic nitrogens is 2. The molecule has 3 rings (SSSR count). The molecular formula is C16H11ClN4O5. The summed E-state index contributed by atoms with van der Waals surface area (Å²) in [5, 5.41) is 26.3. The van der Waals surface area contributed by atoms with Gasteiger partial charge in [0.05, 0.1) is 27.9 Å². The Balaban J connectivity index is 1.93. The molecule has 0 fully saturated rings. The molecule has 4 N–H and O–H groups in total. The van der Waals surface area contributed by atoms with E-state index < -0.39 is 17.8 Å². The van der Waals surface area contributed by atoms with Crippen molar-refractivity contribution in [2.75, 3.05) is 0 Å². The van der Waals surface area contributed by atoms with Crippen LogP contribution in [-0.2, 0) is 11.2 Å². The minimum Gasteiger partial charge on any atom is -0.493 e. The van der Waals surface area contributed by atoms with Crippen molar-refractivity contribution in [3.05, 3.63) is 57.0 Å². The number of nitrogens with zero attached hydrogens (tertiary/aromatic N) is 2. The van der Waals surface area contributed by atoms with Gasteiger partial charge < -0.3 is 20.2 Å². The average molecular weight is 375 g/mol. The summed E-state index contributed by atoms with van der Waals surface area (Å²) in [5.74, 6) is -2.27. The third kappa shape index (κ3) is 3.33. The van der Waals surface area contributed by atoms with Crippen molar-refractivity contribution in [2.45, 2.75) is 6.42 Å². The number of carbonyl (C=O) groups is 2. The quantitative estimate of drug-likeness (QED) is 0.518. The topological polar surface area (TPSA) is 148 Å². The van der Waals surface area contributed by atoms with Crippen LogP contribution >= 0.6 is 11.6 Å². The second-order valence-electron chi connectivity index (χ2n) is 5.31. The van der Waals surface area contributed by atoms with E-state index in [-0.39, 0.29) is 33.6 Å². The molecule has 9 nitrogen and oxygen atoms in total. The zero-order valence-corrected chi connectivity index (χ0v) is 13.7. The first kappa shape index (κ1) is 17.4. The minimum absolute atomic E-state index is 0.114. The number of benzene rings is 1. The number of amides is 1. The molecule has 26 heavy (non-hydrogen) atoms. The lowest BCUT2D eigenvalue weighted by Crippen LogP contribution is -2.05. The van der Waals surface area contributed by atoms with Gasteiger partial charge in [-0.15, -0.1) is 10.2 Å². The Labute approximate surface area is 150 Å². The van der Waals surface area contributed by atoms with E-state index in [2.05, 4.69) is 20.2 Å². The first-order valence-electron chi connectivity index (χ1n) is 7.25. The summed E-state index contributed by atoms with van der Waals surface area (Å²) >= 11 is 6.08. The summed E-state index contributed by atoms with van der Waals surface area (Å²) in [7, 11) is 0. The van der Waals surface area contributed by atoms with Crippen LogP contribution in [0.3, 0.4) is 0 Å². The standard InChI is InChI=1S/C16H11ClN4O5/c17-13-8(16(25)26)2-3-9-12(13)14(15(24)19-9)21-20-11(23)5-7-1-4-10(22)18-6-7/h1-4,6,19,24H,5H2,(H,18,22)(H,25,26). The van der Waals surface area contributed by atoms with E-state index in [0.29, 0.717) is 11.1 Å². The number of aromatic carboxylic acids is 1. The Hall–Kier alpha value is -3.46. The van der Waals surface area contributed by atoms with Crippen LogP contribution in [0.5, 0.6) is 5.88 Å². The van der Waals surface area contributed by atoms with Crippen LogP contribution in [0, 0.1) is 0 Å². The maximum absolute atomic E-state index is 11.9. The third-order valence-corrected chi connectivity index (χ3v) is 3.94. The Bertz CT molecular complexity index is 1100. The van der Waals surface area contributed by atoms with Gasteiger partial charge in [-0.1, -0.05) is 17.7 Å². The monoisotopic (exact) mass is 374 g/mol. The number of nitrogens with one attached hydrogen (secondary N) is 2. The molecule has 0 bridgehead atoms. The molecule has 0 saturated heterocycles. The zero-order valence-electron chi connectivity index (χ0n) is 13.0. The lowest BCUT2D eigenvalue weighted by molar-refractivity contribution is -0.117. The number of halogens is 1. The lowest BCUT2D eigenvalue weighted by Gasteiger charge is -2.00. The van der Waals surface area contributed by atoms with Gasteiger partial charge in [-0.25, -0.2) is 4.79 Å². The largest absolute Gasteiger partial charge is 0.493 e. The molecule has 1 amide bonds. The zero-order chi connectivity index (χ0) is 18.8. The highest BCUT2D eigenvalue weighted by molar-refractivity contribution is 6.39. The summed E-state index contributed by atoms with van der Waals surface area (Å²) in [5.41, 5.74) is 0.273. The maximum Gasteiger partial charge on any atom is 0.337 e. The summed E-state index contributed by atoms with van der Waals surface area (Å²) in [6.45, 7) is 0. The lowest BCUT2D eigenvalue weighted by atomic mass is 10.1. The predicted molar refractivity (Wildman–Crippen MR) is 92.2 cm³/mol. The molecule has 2 heterocycles. The van der Waals surface area contributed by atoms with Gasteiger partial charge in [0.2, 0.25) is 11.4 Å². The molecule has 10 heteroatoms. The highest BCUT2D eigenvalue weighted by atomic mass is 35.5. The third-order valence-electron chi connectivity index (χ3n) is 3.55. The van der Waals surface area contributed by atoms with Gasteiger partial charge in [0.25, 0.3) is 5.91 Å². The molecule has 0 aliphatic heterocycles. The van der Waals surface area contributed by atoms with Gasteiger partial charge in [-0.05, 0) is 17.7 Å². The summed E-state index contributed by atoms with van der Waals surface area (Å²) in [6, 6.07) is 5.46. The van der Waals surface area contributed by atoms with Gasteiger partial charge in [0.1, 0.15) is 0 Å². The SMILES string of the molecule is O=C(Cc1ccc(=O)[nH]c1)N=Nc1c(O)[nH]c2ccc(C(=O)O)c(Cl)c12. The Morgan fingerprint density at radius 2 is 1.96 bits per heavy atom. The van der Waals surface area contributed by atoms with Crippen molar-refractivity contribution in [1.29, 1.82) is 0 Å². The van der Waals surface area contributed by atoms with Crippen molar-refractivity contribution < 1.29 is 19.8 Å². The van der Waals surface area contributed by atoms with Crippen LogP contribution in [0.1, 0.15) is 15.9 Å². The molecule has 0 atom stereocenters.